The zero-order valence-electron chi connectivity index (χ0n) is 16.6. The first-order valence-electron chi connectivity index (χ1n) is 9.53. The summed E-state index contributed by atoms with van der Waals surface area (Å²) in [5.74, 6) is 0.00295. The third-order valence-corrected chi connectivity index (χ3v) is 4.89. The summed E-state index contributed by atoms with van der Waals surface area (Å²) in [6.45, 7) is 1.86. The molecule has 0 heterocycles. The van der Waals surface area contributed by atoms with E-state index in [4.69, 9.17) is 4.74 Å². The molecule has 3 N–H and O–H groups in total. The van der Waals surface area contributed by atoms with Crippen molar-refractivity contribution in [1.82, 2.24) is 5.32 Å². The second-order valence-corrected chi connectivity index (χ2v) is 7.16. The number of carbonyl (C=O) groups excluding carboxylic acids is 3. The Hall–Kier alpha value is -3.35. The van der Waals surface area contributed by atoms with Crippen LogP contribution < -0.4 is 20.7 Å². The predicted octanol–water partition coefficient (Wildman–Crippen LogP) is 2.73. The average molecular weight is 395 g/mol. The molecule has 0 saturated heterocycles. The summed E-state index contributed by atoms with van der Waals surface area (Å²) in [6.07, 6.45) is 1.70. The Bertz CT molecular complexity index is 922. The van der Waals surface area contributed by atoms with E-state index in [2.05, 4.69) is 16.0 Å². The van der Waals surface area contributed by atoms with E-state index < -0.39 is 5.41 Å². The molecule has 0 aromatic heterocycles. The summed E-state index contributed by atoms with van der Waals surface area (Å²) in [7, 11) is 1.61. The maximum absolute atomic E-state index is 12.7. The van der Waals surface area contributed by atoms with E-state index in [1.165, 1.54) is 6.92 Å². The van der Waals surface area contributed by atoms with Crippen LogP contribution >= 0.6 is 0 Å². The van der Waals surface area contributed by atoms with Crippen LogP contribution in [0.5, 0.6) is 5.75 Å². The van der Waals surface area contributed by atoms with Crippen LogP contribution in [0.4, 0.5) is 11.4 Å². The zero-order valence-corrected chi connectivity index (χ0v) is 16.6. The van der Waals surface area contributed by atoms with Crippen molar-refractivity contribution in [3.63, 3.8) is 0 Å². The predicted molar refractivity (Wildman–Crippen MR) is 111 cm³/mol. The smallest absolute Gasteiger partial charge is 0.240 e. The molecule has 2 aromatic rings. The van der Waals surface area contributed by atoms with E-state index in [-0.39, 0.29) is 17.7 Å². The Balaban J connectivity index is 1.55. The van der Waals surface area contributed by atoms with Gasteiger partial charge < -0.3 is 20.7 Å². The van der Waals surface area contributed by atoms with Crippen molar-refractivity contribution >= 4 is 29.1 Å². The third-order valence-electron chi connectivity index (χ3n) is 4.89. The van der Waals surface area contributed by atoms with E-state index in [0.717, 1.165) is 11.3 Å². The quantitative estimate of drug-likeness (QED) is 0.599. The highest BCUT2D eigenvalue weighted by Crippen LogP contribution is 2.46. The second kappa shape index (κ2) is 8.77. The Morgan fingerprint density at radius 1 is 0.966 bits per heavy atom. The summed E-state index contributed by atoms with van der Waals surface area (Å²) in [4.78, 5) is 36.5. The summed E-state index contributed by atoms with van der Waals surface area (Å²) in [5, 5.41) is 8.34. The number of hydrogen-bond donors (Lipinski definition) is 3. The second-order valence-electron chi connectivity index (χ2n) is 7.16. The van der Waals surface area contributed by atoms with Crippen LogP contribution in [-0.2, 0) is 20.8 Å². The van der Waals surface area contributed by atoms with Gasteiger partial charge in [-0.2, -0.15) is 0 Å². The number of amides is 3. The highest BCUT2D eigenvalue weighted by Gasteiger charge is 2.56. The fourth-order valence-electron chi connectivity index (χ4n) is 3.13. The van der Waals surface area contributed by atoms with Gasteiger partial charge in [-0.05, 0) is 55.2 Å². The molecule has 1 aliphatic rings. The number of nitrogens with one attached hydrogen (secondary N) is 3. The lowest BCUT2D eigenvalue weighted by Crippen LogP contribution is -2.40. The van der Waals surface area contributed by atoms with Crippen LogP contribution in [0.25, 0.3) is 0 Å². The molecule has 2 aromatic carbocycles. The molecule has 3 amide bonds. The zero-order chi connectivity index (χ0) is 20.9. The number of carbonyl (C=O) groups is 3. The molecule has 0 atom stereocenters. The van der Waals surface area contributed by atoms with Gasteiger partial charge in [0, 0.05) is 24.8 Å². The molecule has 3 rings (SSSR count). The van der Waals surface area contributed by atoms with Gasteiger partial charge in [0.2, 0.25) is 17.7 Å². The monoisotopic (exact) mass is 395 g/mol. The molecule has 1 fully saturated rings. The molecular formula is C22H25N3O4. The molecule has 29 heavy (non-hydrogen) atoms. The number of hydrogen-bond acceptors (Lipinski definition) is 4. The Morgan fingerprint density at radius 3 is 2.31 bits per heavy atom. The van der Waals surface area contributed by atoms with Gasteiger partial charge in [0.1, 0.15) is 11.2 Å². The highest BCUT2D eigenvalue weighted by molar-refractivity contribution is 6.13. The minimum Gasteiger partial charge on any atom is -0.497 e. The molecule has 7 heteroatoms. The lowest BCUT2D eigenvalue weighted by molar-refractivity contribution is -0.134. The first-order chi connectivity index (χ1) is 13.9. The molecule has 0 radical (unpaired) electrons. The molecule has 0 aliphatic heterocycles. The fourth-order valence-corrected chi connectivity index (χ4v) is 3.13. The van der Waals surface area contributed by atoms with Crippen LogP contribution in [0.2, 0.25) is 0 Å². The SMILES string of the molecule is COc1cccc(CCNC(=O)C2(C(=O)Nc3cccc(NC(C)=O)c3)CC2)c1. The van der Waals surface area contributed by atoms with Crippen LogP contribution in [0.1, 0.15) is 25.3 Å². The number of ether oxygens (including phenoxy) is 1. The van der Waals surface area contributed by atoms with Gasteiger partial charge in [-0.25, -0.2) is 0 Å². The minimum atomic E-state index is -1.02. The standard InChI is InChI=1S/C22H25N3O4/c1-15(26)24-17-6-4-7-18(14-17)25-21(28)22(10-11-22)20(27)23-12-9-16-5-3-8-19(13-16)29-2/h3-8,13-14H,9-12H2,1-2H3,(H,23,27)(H,24,26)(H,25,28). The molecule has 1 saturated carbocycles. The van der Waals surface area contributed by atoms with Crippen LogP contribution in [0, 0.1) is 5.41 Å². The van der Waals surface area contributed by atoms with Gasteiger partial charge in [-0.1, -0.05) is 18.2 Å². The van der Waals surface area contributed by atoms with Gasteiger partial charge in [0.25, 0.3) is 0 Å². The summed E-state index contributed by atoms with van der Waals surface area (Å²) in [6, 6.07) is 14.5. The normalized spacial score (nSPS) is 13.9. The first-order valence-corrected chi connectivity index (χ1v) is 9.53. The topological polar surface area (TPSA) is 96.5 Å². The van der Waals surface area contributed by atoms with Crippen molar-refractivity contribution in [1.29, 1.82) is 0 Å². The molecule has 152 valence electrons. The maximum Gasteiger partial charge on any atom is 0.240 e. The molecule has 0 unspecified atom stereocenters. The van der Waals surface area contributed by atoms with Gasteiger partial charge in [-0.15, -0.1) is 0 Å². The van der Waals surface area contributed by atoms with Crippen LogP contribution in [0.15, 0.2) is 48.5 Å². The first kappa shape index (κ1) is 20.4. The van der Waals surface area contributed by atoms with Crippen molar-refractivity contribution in [3.8, 4) is 5.75 Å². The molecule has 0 bridgehead atoms. The van der Waals surface area contributed by atoms with Crippen molar-refractivity contribution in [2.75, 3.05) is 24.3 Å². The maximum atomic E-state index is 12.7. The molecule has 7 nitrogen and oxygen atoms in total. The number of rotatable bonds is 8. The van der Waals surface area contributed by atoms with Gasteiger partial charge in [-0.3, -0.25) is 14.4 Å². The Morgan fingerprint density at radius 2 is 1.66 bits per heavy atom. The van der Waals surface area contributed by atoms with Gasteiger partial charge >= 0.3 is 0 Å². The fraction of sp³-hybridized carbons (Fsp3) is 0.318. The van der Waals surface area contributed by atoms with E-state index in [1.54, 1.807) is 31.4 Å². The molecule has 1 aliphatic carbocycles. The average Bonchev–Trinajstić information content (AvgIpc) is 3.50. The number of benzene rings is 2. The van der Waals surface area contributed by atoms with Crippen LogP contribution in [0.3, 0.4) is 0 Å². The van der Waals surface area contributed by atoms with E-state index in [9.17, 15) is 14.4 Å². The van der Waals surface area contributed by atoms with Crippen molar-refractivity contribution in [2.24, 2.45) is 5.41 Å². The largest absolute Gasteiger partial charge is 0.497 e. The highest BCUT2D eigenvalue weighted by atomic mass is 16.5. The van der Waals surface area contributed by atoms with Crippen molar-refractivity contribution < 1.29 is 19.1 Å². The Kier molecular flexibility index (Phi) is 6.16. The van der Waals surface area contributed by atoms with E-state index in [1.807, 2.05) is 24.3 Å². The van der Waals surface area contributed by atoms with E-state index in [0.29, 0.717) is 37.2 Å². The molecule has 0 spiro atoms. The summed E-state index contributed by atoms with van der Waals surface area (Å²) < 4.78 is 5.20. The lowest BCUT2D eigenvalue weighted by Gasteiger charge is -2.16. The van der Waals surface area contributed by atoms with Crippen molar-refractivity contribution in [3.05, 3.63) is 54.1 Å². The van der Waals surface area contributed by atoms with Gasteiger partial charge in [0.15, 0.2) is 0 Å². The van der Waals surface area contributed by atoms with Gasteiger partial charge in [0.05, 0.1) is 7.11 Å². The number of methoxy groups -OCH3 is 1. The number of anilines is 2. The van der Waals surface area contributed by atoms with Crippen LogP contribution in [-0.4, -0.2) is 31.4 Å². The summed E-state index contributed by atoms with van der Waals surface area (Å²) in [5.41, 5.74) is 1.16. The molecular weight excluding hydrogens is 370 g/mol. The third kappa shape index (κ3) is 5.13. The van der Waals surface area contributed by atoms with Crippen molar-refractivity contribution in [2.45, 2.75) is 26.2 Å². The van der Waals surface area contributed by atoms with E-state index >= 15 is 0 Å². The summed E-state index contributed by atoms with van der Waals surface area (Å²) >= 11 is 0. The minimum absolute atomic E-state index is 0.192. The lowest BCUT2D eigenvalue weighted by atomic mass is 10.0. The Labute approximate surface area is 169 Å².